The lowest BCUT2D eigenvalue weighted by atomic mass is 9.92. The van der Waals surface area contributed by atoms with Crippen LogP contribution in [0.4, 0.5) is 10.5 Å². The van der Waals surface area contributed by atoms with Crippen LogP contribution in [-0.2, 0) is 19.9 Å². The van der Waals surface area contributed by atoms with Crippen molar-refractivity contribution < 1.29 is 23.9 Å². The van der Waals surface area contributed by atoms with Gasteiger partial charge in [-0.05, 0) is 43.7 Å². The number of esters is 1. The second kappa shape index (κ2) is 8.58. The number of benzene rings is 2. The number of anilines is 1. The molecule has 30 heavy (non-hydrogen) atoms. The number of methoxy groups -OCH3 is 1. The van der Waals surface area contributed by atoms with Gasteiger partial charge in [-0.3, -0.25) is 19.7 Å². The molecule has 1 aliphatic heterocycles. The molecule has 3 N–H and O–H groups in total. The van der Waals surface area contributed by atoms with Gasteiger partial charge in [0.25, 0.3) is 11.8 Å². The van der Waals surface area contributed by atoms with E-state index in [4.69, 9.17) is 4.74 Å². The van der Waals surface area contributed by atoms with Crippen LogP contribution >= 0.6 is 11.8 Å². The number of rotatable bonds is 6. The van der Waals surface area contributed by atoms with Crippen LogP contribution in [0.25, 0.3) is 0 Å². The second-order valence-electron chi connectivity index (χ2n) is 6.85. The number of urea groups is 1. The van der Waals surface area contributed by atoms with Gasteiger partial charge in [-0.1, -0.05) is 24.3 Å². The van der Waals surface area contributed by atoms with Crippen molar-refractivity contribution in [3.05, 3.63) is 59.7 Å². The zero-order chi connectivity index (χ0) is 21.9. The van der Waals surface area contributed by atoms with Gasteiger partial charge >= 0.3 is 12.0 Å². The number of hydrogen-bond donors (Lipinski definition) is 3. The predicted octanol–water partition coefficient (Wildman–Crippen LogP) is 2.65. The summed E-state index contributed by atoms with van der Waals surface area (Å²) in [5.41, 5.74) is 0.183. The fourth-order valence-corrected chi connectivity index (χ4v) is 4.03. The Hall–Kier alpha value is -3.33. The molecule has 0 unspecified atom stereocenters. The van der Waals surface area contributed by atoms with E-state index in [1.165, 1.54) is 18.9 Å². The zero-order valence-corrected chi connectivity index (χ0v) is 17.5. The number of thioether (sulfide) groups is 1. The molecule has 4 amide bonds. The number of nitrogens with one attached hydrogen (secondary N) is 3. The zero-order valence-electron chi connectivity index (χ0n) is 16.6. The molecule has 1 heterocycles. The summed E-state index contributed by atoms with van der Waals surface area (Å²) in [5.74, 6) is -1.21. The summed E-state index contributed by atoms with van der Waals surface area (Å²) in [4.78, 5) is 49.0. The maximum Gasteiger partial charge on any atom is 0.322 e. The van der Waals surface area contributed by atoms with Crippen LogP contribution < -0.4 is 16.0 Å². The first-order valence-corrected chi connectivity index (χ1v) is 10.0. The van der Waals surface area contributed by atoms with Gasteiger partial charge in [-0.2, -0.15) is 0 Å². The molecule has 1 aliphatic rings. The molecule has 1 saturated heterocycles. The maximum atomic E-state index is 12.9. The van der Waals surface area contributed by atoms with Crippen LogP contribution in [0.15, 0.2) is 53.4 Å². The lowest BCUT2D eigenvalue weighted by molar-refractivity contribution is -0.139. The highest BCUT2D eigenvalue weighted by Crippen LogP contribution is 2.29. The van der Waals surface area contributed by atoms with Crippen molar-refractivity contribution in [3.63, 3.8) is 0 Å². The largest absolute Gasteiger partial charge is 0.468 e. The van der Waals surface area contributed by atoms with Gasteiger partial charge in [0.1, 0.15) is 10.8 Å². The predicted molar refractivity (Wildman–Crippen MR) is 112 cm³/mol. The van der Waals surface area contributed by atoms with E-state index in [0.29, 0.717) is 21.7 Å². The Balaban J connectivity index is 1.82. The van der Waals surface area contributed by atoms with Crippen LogP contribution in [0.3, 0.4) is 0 Å². The molecule has 0 spiro atoms. The van der Waals surface area contributed by atoms with Crippen LogP contribution in [0.5, 0.6) is 0 Å². The summed E-state index contributed by atoms with van der Waals surface area (Å²) >= 11 is 1.23. The maximum absolute atomic E-state index is 12.9. The summed E-state index contributed by atoms with van der Waals surface area (Å²) in [6.45, 7) is 3.30. The van der Waals surface area contributed by atoms with Crippen molar-refractivity contribution in [2.45, 2.75) is 29.5 Å². The number of carbonyl (C=O) groups excluding carboxylic acids is 4. The summed E-state index contributed by atoms with van der Waals surface area (Å²) in [6, 6.07) is 13.1. The van der Waals surface area contributed by atoms with Crippen molar-refractivity contribution in [2.75, 3.05) is 12.4 Å². The van der Waals surface area contributed by atoms with Crippen molar-refractivity contribution in [1.82, 2.24) is 10.6 Å². The molecule has 0 saturated carbocycles. The normalized spacial score (nSPS) is 18.9. The average molecular weight is 427 g/mol. The van der Waals surface area contributed by atoms with Crippen molar-refractivity contribution >= 4 is 41.3 Å². The lowest BCUT2D eigenvalue weighted by Gasteiger charge is -2.22. The van der Waals surface area contributed by atoms with Gasteiger partial charge < -0.3 is 15.4 Å². The van der Waals surface area contributed by atoms with Gasteiger partial charge in [-0.25, -0.2) is 4.79 Å². The van der Waals surface area contributed by atoms with Crippen molar-refractivity contribution in [2.24, 2.45) is 0 Å². The van der Waals surface area contributed by atoms with Crippen LogP contribution in [-0.4, -0.2) is 36.2 Å². The highest BCUT2D eigenvalue weighted by molar-refractivity contribution is 8.00. The number of imide groups is 1. The SMILES string of the molecule is COC(=O)[C@H](C)Sc1ccccc1C(=O)Nc1cccc([C@@]2(C)NC(=O)NC2=O)c1. The number of carbonyl (C=O) groups is 4. The Morgan fingerprint density at radius 2 is 1.87 bits per heavy atom. The summed E-state index contributed by atoms with van der Waals surface area (Å²) < 4.78 is 4.74. The molecular formula is C21H21N3O5S. The van der Waals surface area contributed by atoms with Crippen LogP contribution in [0.1, 0.15) is 29.8 Å². The second-order valence-corrected chi connectivity index (χ2v) is 8.23. The Morgan fingerprint density at radius 3 is 2.53 bits per heavy atom. The van der Waals surface area contributed by atoms with Gasteiger partial charge in [-0.15, -0.1) is 11.8 Å². The molecule has 156 valence electrons. The Bertz CT molecular complexity index is 1030. The molecule has 8 nitrogen and oxygen atoms in total. The molecule has 9 heteroatoms. The number of ether oxygens (including phenoxy) is 1. The van der Waals surface area contributed by atoms with Gasteiger partial charge in [0.2, 0.25) is 0 Å². The minimum Gasteiger partial charge on any atom is -0.468 e. The molecule has 2 aromatic rings. The summed E-state index contributed by atoms with van der Waals surface area (Å²) in [6.07, 6.45) is 0. The third-order valence-corrected chi connectivity index (χ3v) is 5.87. The van der Waals surface area contributed by atoms with E-state index in [2.05, 4.69) is 16.0 Å². The van der Waals surface area contributed by atoms with E-state index in [1.807, 2.05) is 0 Å². The van der Waals surface area contributed by atoms with E-state index in [9.17, 15) is 19.2 Å². The van der Waals surface area contributed by atoms with Gasteiger partial charge in [0, 0.05) is 10.6 Å². The molecule has 0 aromatic heterocycles. The van der Waals surface area contributed by atoms with Crippen molar-refractivity contribution in [1.29, 1.82) is 0 Å². The minimum atomic E-state index is -1.22. The average Bonchev–Trinajstić information content (AvgIpc) is 3.00. The summed E-state index contributed by atoms with van der Waals surface area (Å²) in [7, 11) is 1.32. The third kappa shape index (κ3) is 4.30. The molecule has 1 fully saturated rings. The van der Waals surface area contributed by atoms with E-state index in [0.717, 1.165) is 0 Å². The fourth-order valence-electron chi connectivity index (χ4n) is 3.01. The van der Waals surface area contributed by atoms with E-state index < -0.39 is 22.7 Å². The topological polar surface area (TPSA) is 114 Å². The first kappa shape index (κ1) is 21.4. The summed E-state index contributed by atoms with van der Waals surface area (Å²) in [5, 5.41) is 7.14. The smallest absolute Gasteiger partial charge is 0.322 e. The molecule has 0 bridgehead atoms. The molecule has 3 rings (SSSR count). The van der Waals surface area contributed by atoms with Gasteiger partial charge in [0.05, 0.1) is 12.7 Å². The fraction of sp³-hybridized carbons (Fsp3) is 0.238. The monoisotopic (exact) mass is 427 g/mol. The third-order valence-electron chi connectivity index (χ3n) is 4.71. The minimum absolute atomic E-state index is 0.364. The molecule has 0 aliphatic carbocycles. The van der Waals surface area contributed by atoms with E-state index >= 15 is 0 Å². The Morgan fingerprint density at radius 1 is 1.13 bits per heavy atom. The highest BCUT2D eigenvalue weighted by atomic mass is 32.2. The molecule has 2 atom stereocenters. The molecule has 2 aromatic carbocycles. The van der Waals surface area contributed by atoms with Gasteiger partial charge in [0.15, 0.2) is 0 Å². The van der Waals surface area contributed by atoms with E-state index in [1.54, 1.807) is 62.4 Å². The Kier molecular flexibility index (Phi) is 6.12. The van der Waals surface area contributed by atoms with Crippen molar-refractivity contribution in [3.8, 4) is 0 Å². The first-order valence-electron chi connectivity index (χ1n) is 9.13. The van der Waals surface area contributed by atoms with E-state index in [-0.39, 0.29) is 11.9 Å². The standard InChI is InChI=1S/C21H21N3O5S/c1-12(18(26)29-3)30-16-10-5-4-9-15(16)17(25)22-14-8-6-7-13(11-14)21(2)19(27)23-20(28)24-21/h4-12H,1-3H3,(H,22,25)(H2,23,24,27,28)/t12-,21+/m0/s1. The van der Waals surface area contributed by atoms with Crippen LogP contribution in [0.2, 0.25) is 0 Å². The quantitative estimate of drug-likeness (QED) is 0.371. The lowest BCUT2D eigenvalue weighted by Crippen LogP contribution is -2.40. The molecule has 0 radical (unpaired) electrons. The Labute approximate surface area is 177 Å². The highest BCUT2D eigenvalue weighted by Gasteiger charge is 2.43. The van der Waals surface area contributed by atoms with Crippen LogP contribution in [0, 0.1) is 0 Å². The number of hydrogen-bond acceptors (Lipinski definition) is 6. The first-order chi connectivity index (χ1) is 14.2. The molecular weight excluding hydrogens is 406 g/mol. The number of amides is 4.